The number of ether oxygens (including phenoxy) is 1. The van der Waals surface area contributed by atoms with Crippen LogP contribution in [0.15, 0.2) is 16.3 Å². The molecule has 88 valence electrons. The summed E-state index contributed by atoms with van der Waals surface area (Å²) in [7, 11) is 0. The van der Waals surface area contributed by atoms with Gasteiger partial charge in [-0.3, -0.25) is 4.79 Å². The maximum atomic E-state index is 12.2. The minimum Gasteiger partial charge on any atom is -0.372 e. The normalized spacial score (nSPS) is 25.8. The molecule has 1 aliphatic rings. The van der Waals surface area contributed by atoms with Gasteiger partial charge in [0.05, 0.1) is 17.1 Å². The smallest absolute Gasteiger partial charge is 0.264 e. The fourth-order valence-corrected chi connectivity index (χ4v) is 3.05. The molecule has 0 saturated carbocycles. The van der Waals surface area contributed by atoms with Gasteiger partial charge in [-0.25, -0.2) is 0 Å². The molecule has 2 atom stereocenters. The maximum Gasteiger partial charge on any atom is 0.264 e. The van der Waals surface area contributed by atoms with Gasteiger partial charge in [0.15, 0.2) is 0 Å². The lowest BCUT2D eigenvalue weighted by molar-refractivity contribution is -0.0585. The number of thiol groups is 1. The van der Waals surface area contributed by atoms with Crippen molar-refractivity contribution in [3.63, 3.8) is 0 Å². The molecule has 0 aromatic carbocycles. The molecule has 2 heterocycles. The molecule has 1 aromatic rings. The first kappa shape index (κ1) is 12.0. The van der Waals surface area contributed by atoms with Crippen LogP contribution in [0.2, 0.25) is 0 Å². The van der Waals surface area contributed by atoms with Crippen molar-refractivity contribution >= 4 is 29.9 Å². The van der Waals surface area contributed by atoms with Gasteiger partial charge in [-0.2, -0.15) is 0 Å². The van der Waals surface area contributed by atoms with Crippen LogP contribution in [0.3, 0.4) is 0 Å². The van der Waals surface area contributed by atoms with Crippen molar-refractivity contribution in [2.45, 2.75) is 31.0 Å². The van der Waals surface area contributed by atoms with Gasteiger partial charge in [-0.1, -0.05) is 0 Å². The minimum absolute atomic E-state index is 0.0901. The Morgan fingerprint density at radius 2 is 2.12 bits per heavy atom. The largest absolute Gasteiger partial charge is 0.372 e. The molecular formula is C11H15NO2S2. The first-order valence-corrected chi connectivity index (χ1v) is 6.61. The number of thiophene rings is 1. The predicted molar refractivity (Wildman–Crippen MR) is 67.5 cm³/mol. The Morgan fingerprint density at radius 3 is 2.62 bits per heavy atom. The molecule has 5 heteroatoms. The Labute approximate surface area is 105 Å². The van der Waals surface area contributed by atoms with Crippen molar-refractivity contribution in [1.29, 1.82) is 0 Å². The minimum atomic E-state index is 0.0901. The van der Waals surface area contributed by atoms with E-state index in [9.17, 15) is 4.79 Å². The maximum absolute atomic E-state index is 12.2. The number of hydrogen-bond donors (Lipinski definition) is 1. The van der Waals surface area contributed by atoms with Gasteiger partial charge in [-0.15, -0.1) is 24.0 Å². The summed E-state index contributed by atoms with van der Waals surface area (Å²) in [5.41, 5.74) is 0. The van der Waals surface area contributed by atoms with Crippen molar-refractivity contribution in [3.05, 3.63) is 16.3 Å². The lowest BCUT2D eigenvalue weighted by Gasteiger charge is -2.35. The molecule has 0 unspecified atom stereocenters. The van der Waals surface area contributed by atoms with E-state index < -0.39 is 0 Å². The number of carbonyl (C=O) groups excluding carboxylic acids is 1. The highest BCUT2D eigenvalue weighted by atomic mass is 32.1. The van der Waals surface area contributed by atoms with Crippen LogP contribution in [-0.4, -0.2) is 36.1 Å². The van der Waals surface area contributed by atoms with Crippen molar-refractivity contribution in [2.24, 2.45) is 0 Å². The van der Waals surface area contributed by atoms with E-state index in [1.54, 1.807) is 0 Å². The molecule has 1 aromatic heterocycles. The van der Waals surface area contributed by atoms with E-state index in [1.807, 2.05) is 30.2 Å². The molecule has 1 aliphatic heterocycles. The molecule has 0 bridgehead atoms. The number of carbonyl (C=O) groups is 1. The van der Waals surface area contributed by atoms with Crippen LogP contribution in [0.4, 0.5) is 0 Å². The van der Waals surface area contributed by atoms with E-state index in [1.165, 1.54) is 11.3 Å². The number of hydrogen-bond acceptors (Lipinski definition) is 4. The van der Waals surface area contributed by atoms with Crippen molar-refractivity contribution in [1.82, 2.24) is 4.90 Å². The topological polar surface area (TPSA) is 29.5 Å². The Hall–Kier alpha value is -0.520. The number of morpholine rings is 1. The summed E-state index contributed by atoms with van der Waals surface area (Å²) in [4.78, 5) is 15.6. The van der Waals surface area contributed by atoms with Crippen molar-refractivity contribution in [2.75, 3.05) is 13.1 Å². The average Bonchev–Trinajstić information content (AvgIpc) is 2.62. The van der Waals surface area contributed by atoms with E-state index in [-0.39, 0.29) is 18.1 Å². The van der Waals surface area contributed by atoms with E-state index in [2.05, 4.69) is 12.6 Å². The molecule has 0 N–H and O–H groups in total. The van der Waals surface area contributed by atoms with Gasteiger partial charge in [0.25, 0.3) is 5.91 Å². The molecule has 0 radical (unpaired) electrons. The average molecular weight is 257 g/mol. The Balaban J connectivity index is 2.09. The van der Waals surface area contributed by atoms with Crippen LogP contribution in [0.1, 0.15) is 23.5 Å². The van der Waals surface area contributed by atoms with Gasteiger partial charge in [0.2, 0.25) is 0 Å². The van der Waals surface area contributed by atoms with Gasteiger partial charge in [-0.05, 0) is 19.9 Å². The zero-order valence-corrected chi connectivity index (χ0v) is 11.1. The van der Waals surface area contributed by atoms with Gasteiger partial charge >= 0.3 is 0 Å². The molecule has 0 spiro atoms. The summed E-state index contributed by atoms with van der Waals surface area (Å²) in [5, 5.41) is 1.88. The number of amides is 1. The van der Waals surface area contributed by atoms with Crippen LogP contribution >= 0.6 is 24.0 Å². The van der Waals surface area contributed by atoms with E-state index in [0.29, 0.717) is 13.1 Å². The molecule has 16 heavy (non-hydrogen) atoms. The summed E-state index contributed by atoms with van der Waals surface area (Å²) in [6.45, 7) is 5.33. The lowest BCUT2D eigenvalue weighted by atomic mass is 10.2. The zero-order chi connectivity index (χ0) is 11.7. The summed E-state index contributed by atoms with van der Waals surface area (Å²) < 4.78 is 5.60. The second-order valence-electron chi connectivity index (χ2n) is 4.14. The molecular weight excluding hydrogens is 242 g/mol. The van der Waals surface area contributed by atoms with Crippen molar-refractivity contribution in [3.8, 4) is 0 Å². The molecule has 1 amide bonds. The first-order valence-electron chi connectivity index (χ1n) is 5.28. The Bertz CT molecular complexity index is 381. The second-order valence-corrected chi connectivity index (χ2v) is 5.56. The second kappa shape index (κ2) is 4.77. The highest BCUT2D eigenvalue weighted by molar-refractivity contribution is 7.80. The SMILES string of the molecule is C[C@@H]1CN(C(=O)c2cc(S)cs2)C[C@H](C)O1. The van der Waals surface area contributed by atoms with Crippen LogP contribution in [0.5, 0.6) is 0 Å². The predicted octanol–water partition coefficient (Wildman–Crippen LogP) is 2.29. The fraction of sp³-hybridized carbons (Fsp3) is 0.545. The van der Waals surface area contributed by atoms with Crippen LogP contribution < -0.4 is 0 Å². The highest BCUT2D eigenvalue weighted by Gasteiger charge is 2.27. The van der Waals surface area contributed by atoms with Gasteiger partial charge in [0.1, 0.15) is 0 Å². The third-order valence-corrected chi connectivity index (χ3v) is 3.85. The van der Waals surface area contributed by atoms with E-state index in [4.69, 9.17) is 4.74 Å². The van der Waals surface area contributed by atoms with Gasteiger partial charge < -0.3 is 9.64 Å². The van der Waals surface area contributed by atoms with Crippen LogP contribution in [0.25, 0.3) is 0 Å². The first-order chi connectivity index (χ1) is 7.56. The van der Waals surface area contributed by atoms with E-state index in [0.717, 1.165) is 9.77 Å². The third kappa shape index (κ3) is 2.59. The Kier molecular flexibility index (Phi) is 3.56. The fourth-order valence-electron chi connectivity index (χ4n) is 1.94. The van der Waals surface area contributed by atoms with Gasteiger partial charge in [0, 0.05) is 23.4 Å². The summed E-state index contributed by atoms with van der Waals surface area (Å²) in [6, 6.07) is 1.82. The molecule has 3 nitrogen and oxygen atoms in total. The standard InChI is InChI=1S/C11H15NO2S2/c1-7-4-12(5-8(2)14-7)11(13)10-3-9(15)6-16-10/h3,6-8,15H,4-5H2,1-2H3/t7-,8+. The van der Waals surface area contributed by atoms with E-state index >= 15 is 0 Å². The highest BCUT2D eigenvalue weighted by Crippen LogP contribution is 2.21. The van der Waals surface area contributed by atoms with Crippen LogP contribution in [0, 0.1) is 0 Å². The van der Waals surface area contributed by atoms with Crippen LogP contribution in [-0.2, 0) is 4.74 Å². The Morgan fingerprint density at radius 1 is 1.50 bits per heavy atom. The monoisotopic (exact) mass is 257 g/mol. The molecule has 0 aliphatic carbocycles. The summed E-state index contributed by atoms with van der Waals surface area (Å²) in [6.07, 6.45) is 0.228. The summed E-state index contributed by atoms with van der Waals surface area (Å²) in [5.74, 6) is 0.0901. The zero-order valence-electron chi connectivity index (χ0n) is 9.34. The number of rotatable bonds is 1. The molecule has 1 saturated heterocycles. The molecule has 2 rings (SSSR count). The van der Waals surface area contributed by atoms with Crippen molar-refractivity contribution < 1.29 is 9.53 Å². The lowest BCUT2D eigenvalue weighted by Crippen LogP contribution is -2.48. The molecule has 1 fully saturated rings. The number of nitrogens with zero attached hydrogens (tertiary/aromatic N) is 1. The quantitative estimate of drug-likeness (QED) is 0.782. The third-order valence-electron chi connectivity index (χ3n) is 2.50. The summed E-state index contributed by atoms with van der Waals surface area (Å²) >= 11 is 5.66.